The van der Waals surface area contributed by atoms with Crippen LogP contribution in [0.15, 0.2) is 11.1 Å². The molecule has 6 nitrogen and oxygen atoms in total. The van der Waals surface area contributed by atoms with E-state index in [2.05, 4.69) is 9.72 Å². The summed E-state index contributed by atoms with van der Waals surface area (Å²) in [5.74, 6) is -0.795. The molecule has 0 aliphatic heterocycles. The number of hydrogen-bond acceptors (Lipinski definition) is 5. The van der Waals surface area contributed by atoms with Gasteiger partial charge < -0.3 is 10.5 Å². The third-order valence-corrected chi connectivity index (χ3v) is 2.76. The van der Waals surface area contributed by atoms with Gasteiger partial charge in [-0.05, 0) is 0 Å². The van der Waals surface area contributed by atoms with Gasteiger partial charge in [0, 0.05) is 6.20 Å². The summed E-state index contributed by atoms with van der Waals surface area (Å²) in [4.78, 5) is 2.56. The topological polar surface area (TPSA) is 108 Å². The van der Waals surface area contributed by atoms with Crippen molar-refractivity contribution in [3.05, 3.63) is 11.8 Å². The van der Waals surface area contributed by atoms with Crippen molar-refractivity contribution in [1.82, 2.24) is 4.98 Å². The number of primary sulfonamides is 1. The van der Waals surface area contributed by atoms with Crippen molar-refractivity contribution in [2.24, 2.45) is 5.14 Å². The molecule has 1 aromatic heterocycles. The summed E-state index contributed by atoms with van der Waals surface area (Å²) in [5, 5.41) is 4.82. The summed E-state index contributed by atoms with van der Waals surface area (Å²) in [6, 6.07) is 0. The molecular weight excluding hydrogens is 244 g/mol. The number of nitrogens with two attached hydrogens (primary N) is 2. The molecule has 1 aromatic rings. The Balaban J connectivity index is 3.68. The van der Waals surface area contributed by atoms with Crippen LogP contribution in [0.25, 0.3) is 0 Å². The van der Waals surface area contributed by atoms with Crippen LogP contribution in [-0.2, 0) is 10.0 Å². The minimum Gasteiger partial charge on any atom is -0.492 e. The molecule has 0 saturated carbocycles. The van der Waals surface area contributed by atoms with Crippen LogP contribution in [0.1, 0.15) is 12.0 Å². The van der Waals surface area contributed by atoms with Crippen molar-refractivity contribution < 1.29 is 21.9 Å². The highest BCUT2D eigenvalue weighted by molar-refractivity contribution is 7.89. The number of hydrogen-bond donors (Lipinski definition) is 2. The fourth-order valence-corrected chi connectivity index (χ4v) is 2.07. The van der Waals surface area contributed by atoms with Gasteiger partial charge in [-0.3, -0.25) is 0 Å². The zero-order chi connectivity index (χ0) is 12.5. The van der Waals surface area contributed by atoms with E-state index in [-0.39, 0.29) is 5.82 Å². The molecular formula is C7H9F2N3O3S. The van der Waals surface area contributed by atoms with E-state index in [0.29, 0.717) is 6.20 Å². The van der Waals surface area contributed by atoms with Gasteiger partial charge in [-0.1, -0.05) is 0 Å². The first-order chi connectivity index (χ1) is 7.29. The molecule has 16 heavy (non-hydrogen) atoms. The molecule has 0 spiro atoms. The van der Waals surface area contributed by atoms with E-state index in [9.17, 15) is 17.2 Å². The molecule has 0 atom stereocenters. The Labute approximate surface area is 90.3 Å². The first kappa shape index (κ1) is 12.6. The molecule has 90 valence electrons. The molecule has 0 aromatic carbocycles. The van der Waals surface area contributed by atoms with E-state index in [1.54, 1.807) is 0 Å². The molecule has 0 amide bonds. The molecule has 0 radical (unpaired) electrons. The Morgan fingerprint density at radius 1 is 1.50 bits per heavy atom. The predicted octanol–water partition coefficient (Wildman–Crippen LogP) is 0.257. The standard InChI is InChI=1S/C7H9F2N3O3S/c1-15-4-5(16(11,13)14)3(6(8)9)2-12-7(4)10/h2,6H,1H3,(H2,10,12)(H2,11,13,14). The van der Waals surface area contributed by atoms with E-state index in [1.807, 2.05) is 0 Å². The normalized spacial score (nSPS) is 11.8. The second kappa shape index (κ2) is 4.18. The molecule has 0 aliphatic rings. The molecule has 0 aliphatic carbocycles. The molecule has 1 heterocycles. The summed E-state index contributed by atoms with van der Waals surface area (Å²) in [7, 11) is -3.29. The number of aromatic nitrogens is 1. The molecule has 0 saturated heterocycles. The summed E-state index contributed by atoms with van der Waals surface area (Å²) in [6.45, 7) is 0. The van der Waals surface area contributed by atoms with Gasteiger partial charge in [0.25, 0.3) is 6.43 Å². The Bertz CT molecular complexity index is 504. The van der Waals surface area contributed by atoms with Gasteiger partial charge in [-0.25, -0.2) is 27.3 Å². The zero-order valence-corrected chi connectivity index (χ0v) is 8.96. The van der Waals surface area contributed by atoms with Crippen LogP contribution in [0.3, 0.4) is 0 Å². The molecule has 0 fully saturated rings. The first-order valence-electron chi connectivity index (χ1n) is 3.92. The quantitative estimate of drug-likeness (QED) is 0.803. The average Bonchev–Trinajstić information content (AvgIpc) is 2.15. The van der Waals surface area contributed by atoms with Crippen molar-refractivity contribution >= 4 is 15.8 Å². The van der Waals surface area contributed by atoms with Gasteiger partial charge in [0.1, 0.15) is 4.90 Å². The van der Waals surface area contributed by atoms with Gasteiger partial charge in [-0.15, -0.1) is 0 Å². The Kier molecular flexibility index (Phi) is 3.29. The van der Waals surface area contributed by atoms with Crippen LogP contribution >= 0.6 is 0 Å². The van der Waals surface area contributed by atoms with Crippen molar-refractivity contribution in [1.29, 1.82) is 0 Å². The van der Waals surface area contributed by atoms with Crippen LogP contribution in [0.2, 0.25) is 0 Å². The van der Waals surface area contributed by atoms with Crippen LogP contribution in [-0.4, -0.2) is 20.5 Å². The van der Waals surface area contributed by atoms with E-state index in [1.165, 1.54) is 0 Å². The largest absolute Gasteiger partial charge is 0.492 e. The number of alkyl halides is 2. The fourth-order valence-electron chi connectivity index (χ4n) is 1.15. The van der Waals surface area contributed by atoms with Crippen molar-refractivity contribution in [2.75, 3.05) is 12.8 Å². The number of halogens is 2. The van der Waals surface area contributed by atoms with Gasteiger partial charge in [0.2, 0.25) is 10.0 Å². The van der Waals surface area contributed by atoms with Crippen LogP contribution in [0, 0.1) is 0 Å². The van der Waals surface area contributed by atoms with Gasteiger partial charge in [0.05, 0.1) is 12.7 Å². The van der Waals surface area contributed by atoms with E-state index < -0.39 is 32.7 Å². The maximum atomic E-state index is 12.5. The van der Waals surface area contributed by atoms with Crippen LogP contribution in [0.4, 0.5) is 14.6 Å². The Morgan fingerprint density at radius 3 is 2.44 bits per heavy atom. The number of nitrogen functional groups attached to an aromatic ring is 1. The summed E-state index contributed by atoms with van der Waals surface area (Å²) >= 11 is 0. The highest BCUT2D eigenvalue weighted by Gasteiger charge is 2.27. The SMILES string of the molecule is COc1c(N)ncc(C(F)F)c1S(N)(=O)=O. The minimum absolute atomic E-state index is 0.323. The van der Waals surface area contributed by atoms with E-state index >= 15 is 0 Å². The maximum Gasteiger partial charge on any atom is 0.266 e. The van der Waals surface area contributed by atoms with Gasteiger partial charge in [-0.2, -0.15) is 0 Å². The summed E-state index contributed by atoms with van der Waals surface area (Å²) in [5.41, 5.74) is 4.46. The van der Waals surface area contributed by atoms with Crippen molar-refractivity contribution in [2.45, 2.75) is 11.3 Å². The van der Waals surface area contributed by atoms with Gasteiger partial charge >= 0.3 is 0 Å². The number of pyridine rings is 1. The third kappa shape index (κ3) is 2.19. The summed E-state index contributed by atoms with van der Waals surface area (Å²) in [6.07, 6.45) is -2.39. The molecule has 9 heteroatoms. The summed E-state index contributed by atoms with van der Waals surface area (Å²) < 4.78 is 52.1. The average molecular weight is 253 g/mol. The lowest BCUT2D eigenvalue weighted by atomic mass is 10.2. The molecule has 0 bridgehead atoms. The molecule has 0 unspecified atom stereocenters. The molecule has 4 N–H and O–H groups in total. The van der Waals surface area contributed by atoms with Crippen molar-refractivity contribution in [3.63, 3.8) is 0 Å². The monoisotopic (exact) mass is 253 g/mol. The minimum atomic E-state index is -4.37. The van der Waals surface area contributed by atoms with Crippen LogP contribution < -0.4 is 15.6 Å². The van der Waals surface area contributed by atoms with E-state index in [0.717, 1.165) is 7.11 Å². The number of methoxy groups -OCH3 is 1. The van der Waals surface area contributed by atoms with Crippen LogP contribution in [0.5, 0.6) is 5.75 Å². The first-order valence-corrected chi connectivity index (χ1v) is 5.47. The number of rotatable bonds is 3. The Hall–Kier alpha value is -1.48. The highest BCUT2D eigenvalue weighted by atomic mass is 32.2. The second-order valence-corrected chi connectivity index (χ2v) is 4.31. The number of sulfonamides is 1. The second-order valence-electron chi connectivity index (χ2n) is 2.81. The number of anilines is 1. The number of nitrogens with zero attached hydrogens (tertiary/aromatic N) is 1. The fraction of sp³-hybridized carbons (Fsp3) is 0.286. The predicted molar refractivity (Wildman–Crippen MR) is 51.5 cm³/mol. The zero-order valence-electron chi connectivity index (χ0n) is 8.15. The lowest BCUT2D eigenvalue weighted by molar-refractivity contribution is 0.146. The highest BCUT2D eigenvalue weighted by Crippen LogP contribution is 2.35. The Morgan fingerprint density at radius 2 is 2.06 bits per heavy atom. The number of ether oxygens (including phenoxy) is 1. The smallest absolute Gasteiger partial charge is 0.266 e. The lowest BCUT2D eigenvalue weighted by Gasteiger charge is -2.12. The lowest BCUT2D eigenvalue weighted by Crippen LogP contribution is -2.17. The molecule has 1 rings (SSSR count). The third-order valence-electron chi connectivity index (χ3n) is 1.77. The van der Waals surface area contributed by atoms with E-state index in [4.69, 9.17) is 10.9 Å². The maximum absolute atomic E-state index is 12.5. The van der Waals surface area contributed by atoms with Gasteiger partial charge in [0.15, 0.2) is 11.6 Å². The van der Waals surface area contributed by atoms with Crippen molar-refractivity contribution in [3.8, 4) is 5.75 Å².